The number of aryl methyl sites for hydroxylation is 1. The Labute approximate surface area is 191 Å². The van der Waals surface area contributed by atoms with E-state index in [-0.39, 0.29) is 19.0 Å². The maximum atomic E-state index is 13.4. The lowest BCUT2D eigenvalue weighted by Gasteiger charge is -2.32. The molecule has 2 aromatic carbocycles. The van der Waals surface area contributed by atoms with Crippen molar-refractivity contribution >= 4 is 27.5 Å². The van der Waals surface area contributed by atoms with Gasteiger partial charge in [-0.25, -0.2) is 8.42 Å². The molecule has 2 aromatic rings. The molecule has 0 aliphatic heterocycles. The Balaban J connectivity index is 2.39. The number of anilines is 1. The van der Waals surface area contributed by atoms with E-state index in [0.717, 1.165) is 33.7 Å². The van der Waals surface area contributed by atoms with E-state index in [1.54, 1.807) is 19.1 Å². The molecule has 0 radical (unpaired) electrons. The fourth-order valence-corrected chi connectivity index (χ4v) is 4.26. The molecule has 0 heterocycles. The first-order chi connectivity index (χ1) is 15.1. The van der Waals surface area contributed by atoms with Crippen molar-refractivity contribution in [3.8, 4) is 0 Å². The molecule has 8 heteroatoms. The molecule has 0 aliphatic rings. The van der Waals surface area contributed by atoms with Crippen molar-refractivity contribution in [2.45, 2.75) is 46.7 Å². The quantitative estimate of drug-likeness (QED) is 0.592. The summed E-state index contributed by atoms with van der Waals surface area (Å²) in [5.74, 6) is -0.715. The molecule has 32 heavy (non-hydrogen) atoms. The Morgan fingerprint density at radius 2 is 1.69 bits per heavy atom. The third kappa shape index (κ3) is 6.56. The van der Waals surface area contributed by atoms with E-state index in [4.69, 9.17) is 0 Å². The summed E-state index contributed by atoms with van der Waals surface area (Å²) in [4.78, 5) is 27.5. The fourth-order valence-electron chi connectivity index (χ4n) is 3.36. The van der Waals surface area contributed by atoms with Crippen LogP contribution in [0.2, 0.25) is 0 Å². The molecular formula is C24H33N3O4S. The van der Waals surface area contributed by atoms with Crippen LogP contribution in [-0.4, -0.2) is 50.5 Å². The number of nitrogens with one attached hydrogen (secondary N) is 1. The second-order valence-corrected chi connectivity index (χ2v) is 9.87. The van der Waals surface area contributed by atoms with Crippen molar-refractivity contribution in [3.63, 3.8) is 0 Å². The minimum Gasteiger partial charge on any atom is -0.354 e. The van der Waals surface area contributed by atoms with Crippen LogP contribution in [0.1, 0.15) is 37.0 Å². The highest BCUT2D eigenvalue weighted by Gasteiger charge is 2.30. The fraction of sp³-hybridized carbons (Fsp3) is 0.417. The van der Waals surface area contributed by atoms with Crippen molar-refractivity contribution in [1.29, 1.82) is 0 Å². The summed E-state index contributed by atoms with van der Waals surface area (Å²) in [6.45, 7) is 7.65. The van der Waals surface area contributed by atoms with Crippen molar-refractivity contribution in [3.05, 3.63) is 65.2 Å². The van der Waals surface area contributed by atoms with E-state index in [1.807, 2.05) is 57.2 Å². The third-order valence-corrected chi connectivity index (χ3v) is 6.56. The molecule has 1 atom stereocenters. The zero-order chi connectivity index (χ0) is 23.9. The summed E-state index contributed by atoms with van der Waals surface area (Å²) < 4.78 is 26.4. The predicted octanol–water partition coefficient (Wildman–Crippen LogP) is 3.01. The van der Waals surface area contributed by atoms with Crippen LogP contribution >= 0.6 is 0 Å². The zero-order valence-electron chi connectivity index (χ0n) is 19.5. The molecule has 2 rings (SSSR count). The normalized spacial score (nSPS) is 12.2. The van der Waals surface area contributed by atoms with Crippen molar-refractivity contribution in [2.75, 3.05) is 23.7 Å². The molecule has 0 aliphatic carbocycles. The lowest BCUT2D eigenvalue weighted by molar-refractivity contribution is -0.139. The molecular weight excluding hydrogens is 426 g/mol. The second kappa shape index (κ2) is 11.1. The Morgan fingerprint density at radius 3 is 2.28 bits per heavy atom. The number of rotatable bonds is 10. The molecule has 0 bridgehead atoms. The summed E-state index contributed by atoms with van der Waals surface area (Å²) in [5, 5.41) is 2.82. The zero-order valence-corrected chi connectivity index (χ0v) is 20.3. The van der Waals surface area contributed by atoms with E-state index in [0.29, 0.717) is 12.2 Å². The number of benzene rings is 2. The molecule has 0 spiro atoms. The standard InChI is InChI=1S/C24H33N3O4S/c1-6-15-25-24(29)20(4)26(16-21-12-8-7-9-13-21)23(28)17-27(32(5,30)31)22-14-10-11-18(2)19(22)3/h7-14,20H,6,15-17H2,1-5H3,(H,25,29). The summed E-state index contributed by atoms with van der Waals surface area (Å²) in [6, 6.07) is 13.9. The predicted molar refractivity (Wildman–Crippen MR) is 128 cm³/mol. The smallest absolute Gasteiger partial charge is 0.244 e. The molecule has 0 aromatic heterocycles. The molecule has 2 amide bonds. The van der Waals surface area contributed by atoms with Gasteiger partial charge in [-0.15, -0.1) is 0 Å². The molecule has 0 saturated carbocycles. The molecule has 174 valence electrons. The second-order valence-electron chi connectivity index (χ2n) is 7.96. The summed E-state index contributed by atoms with van der Waals surface area (Å²) in [7, 11) is -3.73. The third-order valence-electron chi connectivity index (χ3n) is 5.44. The molecule has 7 nitrogen and oxygen atoms in total. The van der Waals surface area contributed by atoms with Crippen molar-refractivity contribution in [1.82, 2.24) is 10.2 Å². The number of hydrogen-bond acceptors (Lipinski definition) is 4. The van der Waals surface area contributed by atoms with Gasteiger partial charge in [0.25, 0.3) is 0 Å². The highest BCUT2D eigenvalue weighted by molar-refractivity contribution is 7.92. The number of sulfonamides is 1. The average Bonchev–Trinajstić information content (AvgIpc) is 2.75. The van der Waals surface area contributed by atoms with Gasteiger partial charge in [-0.3, -0.25) is 13.9 Å². The van der Waals surface area contributed by atoms with E-state index in [2.05, 4.69) is 5.32 Å². The van der Waals surface area contributed by atoms with Crippen LogP contribution in [0.15, 0.2) is 48.5 Å². The van der Waals surface area contributed by atoms with Crippen LogP contribution in [0.5, 0.6) is 0 Å². The first kappa shape index (κ1) is 25.4. The Hall–Kier alpha value is -2.87. The van der Waals surface area contributed by atoms with Gasteiger partial charge in [0.2, 0.25) is 21.8 Å². The largest absolute Gasteiger partial charge is 0.354 e. The van der Waals surface area contributed by atoms with E-state index >= 15 is 0 Å². The van der Waals surface area contributed by atoms with Crippen molar-refractivity contribution < 1.29 is 18.0 Å². The molecule has 1 N–H and O–H groups in total. The number of amides is 2. The van der Waals surface area contributed by atoms with Gasteiger partial charge in [-0.05, 0) is 49.9 Å². The van der Waals surface area contributed by atoms with Gasteiger partial charge in [0.15, 0.2) is 0 Å². The molecule has 1 unspecified atom stereocenters. The minimum absolute atomic E-state index is 0.199. The maximum Gasteiger partial charge on any atom is 0.244 e. The minimum atomic E-state index is -3.73. The van der Waals surface area contributed by atoms with Gasteiger partial charge in [0.1, 0.15) is 12.6 Å². The van der Waals surface area contributed by atoms with Crippen molar-refractivity contribution in [2.24, 2.45) is 0 Å². The number of carbonyl (C=O) groups is 2. The molecule has 0 saturated heterocycles. The van der Waals surface area contributed by atoms with Gasteiger partial charge in [0.05, 0.1) is 11.9 Å². The summed E-state index contributed by atoms with van der Waals surface area (Å²) in [5.41, 5.74) is 3.03. The number of nitrogens with zero attached hydrogens (tertiary/aromatic N) is 2. The van der Waals surface area contributed by atoms with Gasteiger partial charge in [0, 0.05) is 13.1 Å². The van der Waals surface area contributed by atoms with Crippen LogP contribution in [0, 0.1) is 13.8 Å². The number of hydrogen-bond donors (Lipinski definition) is 1. The SMILES string of the molecule is CCCNC(=O)C(C)N(Cc1ccccc1)C(=O)CN(c1cccc(C)c1C)S(C)(=O)=O. The van der Waals surface area contributed by atoms with Gasteiger partial charge < -0.3 is 10.2 Å². The Morgan fingerprint density at radius 1 is 1.03 bits per heavy atom. The highest BCUT2D eigenvalue weighted by atomic mass is 32.2. The van der Waals surface area contributed by atoms with Gasteiger partial charge in [-0.2, -0.15) is 0 Å². The lowest BCUT2D eigenvalue weighted by atomic mass is 10.1. The van der Waals surface area contributed by atoms with Gasteiger partial charge in [-0.1, -0.05) is 49.4 Å². The van der Waals surface area contributed by atoms with Crippen LogP contribution < -0.4 is 9.62 Å². The Kier molecular flexibility index (Phi) is 8.83. The van der Waals surface area contributed by atoms with E-state index in [1.165, 1.54) is 4.90 Å². The van der Waals surface area contributed by atoms with Crippen LogP contribution in [-0.2, 0) is 26.2 Å². The maximum absolute atomic E-state index is 13.4. The van der Waals surface area contributed by atoms with E-state index < -0.39 is 22.0 Å². The Bertz CT molecular complexity index is 1040. The van der Waals surface area contributed by atoms with Crippen LogP contribution in [0.3, 0.4) is 0 Å². The highest BCUT2D eigenvalue weighted by Crippen LogP contribution is 2.25. The lowest BCUT2D eigenvalue weighted by Crippen LogP contribution is -2.51. The van der Waals surface area contributed by atoms with Crippen LogP contribution in [0.25, 0.3) is 0 Å². The monoisotopic (exact) mass is 459 g/mol. The van der Waals surface area contributed by atoms with E-state index in [9.17, 15) is 18.0 Å². The topological polar surface area (TPSA) is 86.8 Å². The summed E-state index contributed by atoms with van der Waals surface area (Å²) in [6.07, 6.45) is 1.86. The van der Waals surface area contributed by atoms with Gasteiger partial charge >= 0.3 is 0 Å². The number of carbonyl (C=O) groups excluding carboxylic acids is 2. The first-order valence-electron chi connectivity index (χ1n) is 10.7. The molecule has 0 fully saturated rings. The first-order valence-corrected chi connectivity index (χ1v) is 12.6. The van der Waals surface area contributed by atoms with Crippen LogP contribution in [0.4, 0.5) is 5.69 Å². The average molecular weight is 460 g/mol. The summed E-state index contributed by atoms with van der Waals surface area (Å²) >= 11 is 0.